The first-order chi connectivity index (χ1) is 9.69. The lowest BCUT2D eigenvalue weighted by atomic mass is 10.2. The Kier molecular flexibility index (Phi) is 2.81. The van der Waals surface area contributed by atoms with Crippen LogP contribution in [-0.4, -0.2) is 20.1 Å². The zero-order valence-corrected chi connectivity index (χ0v) is 10.3. The number of nitrogens with one attached hydrogen (secondary N) is 2. The molecule has 7 nitrogen and oxygen atoms in total. The van der Waals surface area contributed by atoms with Crippen molar-refractivity contribution in [2.45, 2.75) is 0 Å². The molecule has 100 valence electrons. The van der Waals surface area contributed by atoms with Gasteiger partial charge in [-0.25, -0.2) is 9.97 Å². The van der Waals surface area contributed by atoms with Crippen LogP contribution in [0.3, 0.4) is 0 Å². The van der Waals surface area contributed by atoms with Gasteiger partial charge in [0.1, 0.15) is 11.4 Å². The highest BCUT2D eigenvalue weighted by molar-refractivity contribution is 5.83. The summed E-state index contributed by atoms with van der Waals surface area (Å²) in [6.07, 6.45) is 1.51. The second-order valence-electron chi connectivity index (χ2n) is 4.16. The monoisotopic (exact) mass is 269 g/mol. The first-order valence-corrected chi connectivity index (χ1v) is 5.84. The highest BCUT2D eigenvalue weighted by Crippen LogP contribution is 2.23. The van der Waals surface area contributed by atoms with E-state index < -0.39 is 0 Å². The van der Waals surface area contributed by atoms with Crippen molar-refractivity contribution in [3.63, 3.8) is 0 Å². The summed E-state index contributed by atoms with van der Waals surface area (Å²) < 4.78 is 0. The van der Waals surface area contributed by atoms with Crippen LogP contribution in [0.5, 0.6) is 5.75 Å². The van der Waals surface area contributed by atoms with Crippen molar-refractivity contribution < 1.29 is 5.11 Å². The Morgan fingerprint density at radius 3 is 2.90 bits per heavy atom. The molecule has 7 heteroatoms. The summed E-state index contributed by atoms with van der Waals surface area (Å²) in [6, 6.07) is 8.05. The van der Waals surface area contributed by atoms with Crippen LogP contribution < -0.4 is 16.8 Å². The number of benzene rings is 1. The Morgan fingerprint density at radius 1 is 1.30 bits per heavy atom. The molecule has 0 aliphatic rings. The molecule has 0 saturated carbocycles. The van der Waals surface area contributed by atoms with Gasteiger partial charge in [-0.1, -0.05) is 0 Å². The van der Waals surface area contributed by atoms with Crippen molar-refractivity contribution in [1.82, 2.24) is 15.0 Å². The van der Waals surface area contributed by atoms with Crippen molar-refractivity contribution in [2.75, 3.05) is 5.43 Å². The number of hydrogen-bond donors (Lipinski definition) is 4. The lowest BCUT2D eigenvalue weighted by Gasteiger charge is -2.05. The number of nitrogens with two attached hydrogens (primary N) is 1. The Labute approximate surface area is 113 Å². The topological polar surface area (TPSA) is 117 Å². The highest BCUT2D eigenvalue weighted by Gasteiger charge is 2.10. The molecule has 0 aliphatic carbocycles. The molecular weight excluding hydrogens is 258 g/mol. The molecule has 0 aliphatic heterocycles. The lowest BCUT2D eigenvalue weighted by molar-refractivity contribution is 0.474. The standard InChI is InChI=1S/C13H11N5O2/c14-18-7-3-4-9-8(6-7)13(20)17-12(16-9)11-10(19)2-1-5-15-11/h1-6,18-19H,14H2,(H,16,17,20). The number of anilines is 1. The summed E-state index contributed by atoms with van der Waals surface area (Å²) in [7, 11) is 0. The van der Waals surface area contributed by atoms with Gasteiger partial charge < -0.3 is 15.5 Å². The largest absolute Gasteiger partial charge is 0.506 e. The third-order valence-electron chi connectivity index (χ3n) is 2.88. The van der Waals surface area contributed by atoms with E-state index in [9.17, 15) is 9.90 Å². The number of rotatable bonds is 2. The molecule has 20 heavy (non-hydrogen) atoms. The quantitative estimate of drug-likeness (QED) is 0.407. The van der Waals surface area contributed by atoms with Gasteiger partial charge in [-0.15, -0.1) is 0 Å². The minimum atomic E-state index is -0.327. The smallest absolute Gasteiger partial charge is 0.259 e. The molecule has 3 rings (SSSR count). The predicted molar refractivity (Wildman–Crippen MR) is 75.1 cm³/mol. The van der Waals surface area contributed by atoms with E-state index in [1.54, 1.807) is 24.3 Å². The van der Waals surface area contributed by atoms with Gasteiger partial charge in [-0.2, -0.15) is 0 Å². The van der Waals surface area contributed by atoms with Crippen LogP contribution in [-0.2, 0) is 0 Å². The van der Waals surface area contributed by atoms with Crippen LogP contribution in [0.4, 0.5) is 5.69 Å². The van der Waals surface area contributed by atoms with Crippen LogP contribution in [0, 0.1) is 0 Å². The van der Waals surface area contributed by atoms with Crippen LogP contribution >= 0.6 is 0 Å². The van der Waals surface area contributed by atoms with Gasteiger partial charge in [-0.3, -0.25) is 10.6 Å². The fourth-order valence-corrected chi connectivity index (χ4v) is 1.92. The summed E-state index contributed by atoms with van der Waals surface area (Å²) in [5.41, 5.74) is 3.47. The molecule has 0 bridgehead atoms. The third kappa shape index (κ3) is 1.95. The molecule has 0 amide bonds. The van der Waals surface area contributed by atoms with Crippen LogP contribution in [0.1, 0.15) is 0 Å². The predicted octanol–water partition coefficient (Wildman–Crippen LogP) is 0.976. The number of fused-ring (bicyclic) bond motifs is 1. The third-order valence-corrected chi connectivity index (χ3v) is 2.88. The average molecular weight is 269 g/mol. The molecule has 2 heterocycles. The Bertz CT molecular complexity index is 844. The number of aromatic hydroxyl groups is 1. The molecule has 0 saturated heterocycles. The SMILES string of the molecule is NNc1ccc2nc(-c3ncccc3O)[nH]c(=O)c2c1. The molecule has 0 fully saturated rings. The van der Waals surface area contributed by atoms with Crippen molar-refractivity contribution in [3.8, 4) is 17.3 Å². The summed E-state index contributed by atoms with van der Waals surface area (Å²) in [5, 5.41) is 10.2. The normalized spacial score (nSPS) is 10.7. The molecular formula is C13H11N5O2. The molecule has 0 spiro atoms. The maximum Gasteiger partial charge on any atom is 0.259 e. The average Bonchev–Trinajstić information content (AvgIpc) is 2.47. The van der Waals surface area contributed by atoms with Gasteiger partial charge in [0.05, 0.1) is 10.9 Å². The Balaban J connectivity index is 2.26. The van der Waals surface area contributed by atoms with Crippen molar-refractivity contribution in [3.05, 3.63) is 46.9 Å². The van der Waals surface area contributed by atoms with E-state index in [4.69, 9.17) is 5.84 Å². The van der Waals surface area contributed by atoms with Crippen LogP contribution in [0.25, 0.3) is 22.4 Å². The molecule has 3 aromatic rings. The van der Waals surface area contributed by atoms with Gasteiger partial charge in [0.2, 0.25) is 0 Å². The number of hydrazine groups is 1. The number of nitrogens with zero attached hydrogens (tertiary/aromatic N) is 2. The van der Waals surface area contributed by atoms with Gasteiger partial charge in [0, 0.05) is 11.9 Å². The molecule has 0 unspecified atom stereocenters. The van der Waals surface area contributed by atoms with E-state index in [0.29, 0.717) is 16.6 Å². The summed E-state index contributed by atoms with van der Waals surface area (Å²) in [6.45, 7) is 0. The lowest BCUT2D eigenvalue weighted by Crippen LogP contribution is -2.12. The van der Waals surface area contributed by atoms with E-state index in [0.717, 1.165) is 0 Å². The number of hydrogen-bond acceptors (Lipinski definition) is 6. The fourth-order valence-electron chi connectivity index (χ4n) is 1.92. The second-order valence-corrected chi connectivity index (χ2v) is 4.16. The molecule has 5 N–H and O–H groups in total. The fraction of sp³-hybridized carbons (Fsp3) is 0. The van der Waals surface area contributed by atoms with E-state index in [2.05, 4.69) is 20.4 Å². The maximum atomic E-state index is 12.1. The minimum Gasteiger partial charge on any atom is -0.506 e. The first-order valence-electron chi connectivity index (χ1n) is 5.84. The molecule has 1 aromatic carbocycles. The second kappa shape index (κ2) is 4.63. The number of H-pyrrole nitrogens is 1. The van der Waals surface area contributed by atoms with Gasteiger partial charge >= 0.3 is 0 Å². The molecule has 0 radical (unpaired) electrons. The zero-order valence-electron chi connectivity index (χ0n) is 10.3. The number of pyridine rings is 1. The Morgan fingerprint density at radius 2 is 2.15 bits per heavy atom. The molecule has 2 aromatic heterocycles. The number of aromatic nitrogens is 3. The highest BCUT2D eigenvalue weighted by atomic mass is 16.3. The Hall–Kier alpha value is -2.93. The number of nitrogen functional groups attached to an aromatic ring is 1. The minimum absolute atomic E-state index is 0.0461. The van der Waals surface area contributed by atoms with E-state index >= 15 is 0 Å². The molecule has 0 atom stereocenters. The van der Waals surface area contributed by atoms with Gasteiger partial charge in [0.25, 0.3) is 5.56 Å². The van der Waals surface area contributed by atoms with Crippen molar-refractivity contribution >= 4 is 16.6 Å². The van der Waals surface area contributed by atoms with E-state index in [1.807, 2.05) is 0 Å². The zero-order chi connectivity index (χ0) is 14.1. The van der Waals surface area contributed by atoms with Crippen LogP contribution in [0.2, 0.25) is 0 Å². The summed E-state index contributed by atoms with van der Waals surface area (Å²) in [4.78, 5) is 23.0. The maximum absolute atomic E-state index is 12.1. The number of aromatic amines is 1. The van der Waals surface area contributed by atoms with Gasteiger partial charge in [-0.05, 0) is 30.3 Å². The van der Waals surface area contributed by atoms with Crippen molar-refractivity contribution in [1.29, 1.82) is 0 Å². The van der Waals surface area contributed by atoms with E-state index in [-0.39, 0.29) is 22.8 Å². The van der Waals surface area contributed by atoms with E-state index in [1.165, 1.54) is 12.3 Å². The summed E-state index contributed by atoms with van der Waals surface area (Å²) in [5.74, 6) is 5.48. The summed E-state index contributed by atoms with van der Waals surface area (Å²) >= 11 is 0. The first kappa shape index (κ1) is 12.1. The van der Waals surface area contributed by atoms with Crippen molar-refractivity contribution in [2.24, 2.45) is 5.84 Å². The van der Waals surface area contributed by atoms with Gasteiger partial charge in [0.15, 0.2) is 5.82 Å². The van der Waals surface area contributed by atoms with Crippen LogP contribution in [0.15, 0.2) is 41.3 Å².